The van der Waals surface area contributed by atoms with Crippen LogP contribution < -0.4 is 4.74 Å². The van der Waals surface area contributed by atoms with Gasteiger partial charge in [-0.1, -0.05) is 39.0 Å². The predicted molar refractivity (Wildman–Crippen MR) is 114 cm³/mol. The highest BCUT2D eigenvalue weighted by Crippen LogP contribution is 2.38. The highest BCUT2D eigenvalue weighted by molar-refractivity contribution is 5.68. The number of nitrogens with zero attached hydrogens (tertiary/aromatic N) is 1. The molecule has 154 valence electrons. The molecule has 0 atom stereocenters. The summed E-state index contributed by atoms with van der Waals surface area (Å²) in [7, 11) is 0. The van der Waals surface area contributed by atoms with Crippen LogP contribution in [0.3, 0.4) is 0 Å². The van der Waals surface area contributed by atoms with Gasteiger partial charge in [0.2, 0.25) is 0 Å². The Balaban J connectivity index is 1.49. The highest BCUT2D eigenvalue weighted by atomic mass is 16.5. The summed E-state index contributed by atoms with van der Waals surface area (Å²) >= 11 is 0. The molecule has 0 unspecified atom stereocenters. The molecule has 4 heteroatoms. The minimum absolute atomic E-state index is 0.215. The largest absolute Gasteiger partial charge is 0.490 e. The summed E-state index contributed by atoms with van der Waals surface area (Å²) in [6.07, 6.45) is 8.59. The third-order valence-corrected chi connectivity index (χ3v) is 6.36. The summed E-state index contributed by atoms with van der Waals surface area (Å²) < 4.78 is 6.25. The Morgan fingerprint density at radius 1 is 1.14 bits per heavy atom. The van der Waals surface area contributed by atoms with Crippen LogP contribution in [0.4, 0.5) is 0 Å². The van der Waals surface area contributed by atoms with E-state index in [2.05, 4.69) is 56.0 Å². The molecular formula is C24H35NO3. The van der Waals surface area contributed by atoms with E-state index in [0.717, 1.165) is 44.0 Å². The molecule has 28 heavy (non-hydrogen) atoms. The van der Waals surface area contributed by atoms with Crippen molar-refractivity contribution >= 4 is 11.5 Å². The summed E-state index contributed by atoms with van der Waals surface area (Å²) in [4.78, 5) is 12.9. The Morgan fingerprint density at radius 3 is 2.36 bits per heavy atom. The first-order valence-corrected chi connectivity index (χ1v) is 10.7. The maximum atomic E-state index is 10.7. The molecule has 1 aromatic rings. The van der Waals surface area contributed by atoms with E-state index in [9.17, 15) is 4.79 Å². The highest BCUT2D eigenvalue weighted by Gasteiger charge is 2.30. The van der Waals surface area contributed by atoms with Gasteiger partial charge in [-0.15, -0.1) is 0 Å². The van der Waals surface area contributed by atoms with E-state index in [4.69, 9.17) is 9.84 Å². The number of rotatable bonds is 6. The van der Waals surface area contributed by atoms with E-state index >= 15 is 0 Å². The number of carboxylic acids is 1. The van der Waals surface area contributed by atoms with Gasteiger partial charge >= 0.3 is 5.97 Å². The van der Waals surface area contributed by atoms with Crippen LogP contribution >= 0.6 is 0 Å². The Kier molecular flexibility index (Phi) is 6.82. The molecular weight excluding hydrogens is 350 g/mol. The molecule has 1 aromatic carbocycles. The second-order valence-electron chi connectivity index (χ2n) is 9.41. The first-order valence-electron chi connectivity index (χ1n) is 10.7. The lowest BCUT2D eigenvalue weighted by Gasteiger charge is -2.37. The number of ether oxygens (including phenoxy) is 1. The maximum Gasteiger partial charge on any atom is 0.304 e. The molecule has 4 nitrogen and oxygen atoms in total. The summed E-state index contributed by atoms with van der Waals surface area (Å²) in [6, 6.07) is 8.52. The minimum Gasteiger partial charge on any atom is -0.490 e. The number of carboxylic acid groups (broad SMARTS) is 1. The number of benzene rings is 1. The lowest BCUT2D eigenvalue weighted by molar-refractivity contribution is -0.137. The van der Waals surface area contributed by atoms with Crippen molar-refractivity contribution in [3.63, 3.8) is 0 Å². The van der Waals surface area contributed by atoms with Crippen LogP contribution in [0.25, 0.3) is 5.57 Å². The number of carbonyl (C=O) groups is 1. The first-order chi connectivity index (χ1) is 13.3. The average Bonchev–Trinajstić information content (AvgIpc) is 2.67. The molecule has 1 saturated carbocycles. The molecule has 1 heterocycles. The summed E-state index contributed by atoms with van der Waals surface area (Å²) in [5.41, 5.74) is 3.01. The zero-order valence-corrected chi connectivity index (χ0v) is 17.6. The van der Waals surface area contributed by atoms with Gasteiger partial charge in [0.1, 0.15) is 5.75 Å². The predicted octanol–water partition coefficient (Wildman–Crippen LogP) is 5.23. The smallest absolute Gasteiger partial charge is 0.304 e. The van der Waals surface area contributed by atoms with Gasteiger partial charge in [0.05, 0.1) is 12.5 Å². The van der Waals surface area contributed by atoms with Crippen LogP contribution in [0.15, 0.2) is 30.3 Å². The van der Waals surface area contributed by atoms with Crippen molar-refractivity contribution in [3.05, 3.63) is 35.9 Å². The van der Waals surface area contributed by atoms with Crippen LogP contribution in [0.1, 0.15) is 64.9 Å². The third kappa shape index (κ3) is 5.84. The maximum absolute atomic E-state index is 10.7. The fourth-order valence-corrected chi connectivity index (χ4v) is 4.42. The SMILES string of the molecule is CC(C)(C)C1CCC(Oc2ccc(C3=CCN(CCC(=O)O)CC3)cc2)CC1. The Bertz CT molecular complexity index is 679. The topological polar surface area (TPSA) is 49.8 Å². The second-order valence-corrected chi connectivity index (χ2v) is 9.41. The van der Waals surface area contributed by atoms with Crippen LogP contribution in [0.5, 0.6) is 5.75 Å². The lowest BCUT2D eigenvalue weighted by Crippen LogP contribution is -2.30. The van der Waals surface area contributed by atoms with Gasteiger partial charge in [0, 0.05) is 19.6 Å². The van der Waals surface area contributed by atoms with E-state index in [-0.39, 0.29) is 6.42 Å². The summed E-state index contributed by atoms with van der Waals surface area (Å²) in [6.45, 7) is 9.43. The van der Waals surface area contributed by atoms with E-state index in [1.807, 2.05) is 0 Å². The van der Waals surface area contributed by atoms with Crippen molar-refractivity contribution in [3.8, 4) is 5.75 Å². The van der Waals surface area contributed by atoms with Gasteiger partial charge in [0.25, 0.3) is 0 Å². The van der Waals surface area contributed by atoms with E-state index < -0.39 is 5.97 Å². The summed E-state index contributed by atoms with van der Waals surface area (Å²) in [5.74, 6) is 1.06. The van der Waals surface area contributed by atoms with Crippen molar-refractivity contribution in [2.45, 2.75) is 65.4 Å². The van der Waals surface area contributed by atoms with Crippen molar-refractivity contribution in [1.82, 2.24) is 4.90 Å². The van der Waals surface area contributed by atoms with Crippen molar-refractivity contribution < 1.29 is 14.6 Å². The molecule has 0 amide bonds. The monoisotopic (exact) mass is 385 g/mol. The van der Waals surface area contributed by atoms with E-state index in [1.54, 1.807) is 0 Å². The number of hydrogen-bond acceptors (Lipinski definition) is 3. The van der Waals surface area contributed by atoms with Crippen molar-refractivity contribution in [2.24, 2.45) is 11.3 Å². The minimum atomic E-state index is -0.725. The molecule has 3 rings (SSSR count). The molecule has 1 N–H and O–H groups in total. The third-order valence-electron chi connectivity index (χ3n) is 6.36. The summed E-state index contributed by atoms with van der Waals surface area (Å²) in [5, 5.41) is 8.81. The quantitative estimate of drug-likeness (QED) is 0.728. The Labute approximate surface area is 169 Å². The molecule has 0 saturated heterocycles. The Morgan fingerprint density at radius 2 is 1.82 bits per heavy atom. The first kappa shape index (κ1) is 20.9. The van der Waals surface area contributed by atoms with Crippen molar-refractivity contribution in [2.75, 3.05) is 19.6 Å². The molecule has 0 radical (unpaired) electrons. The fraction of sp³-hybridized carbons (Fsp3) is 0.625. The zero-order chi connectivity index (χ0) is 20.1. The van der Waals surface area contributed by atoms with Crippen LogP contribution in [-0.2, 0) is 4.79 Å². The number of hydrogen-bond donors (Lipinski definition) is 1. The van der Waals surface area contributed by atoms with Crippen LogP contribution in [0, 0.1) is 11.3 Å². The van der Waals surface area contributed by atoms with E-state index in [1.165, 1.54) is 24.0 Å². The van der Waals surface area contributed by atoms with Gasteiger partial charge in [-0.3, -0.25) is 9.69 Å². The molecule has 1 fully saturated rings. The molecule has 0 aromatic heterocycles. The molecule has 0 bridgehead atoms. The lowest BCUT2D eigenvalue weighted by atomic mass is 9.72. The Hall–Kier alpha value is -1.81. The second kappa shape index (κ2) is 9.13. The van der Waals surface area contributed by atoms with Gasteiger partial charge in [-0.2, -0.15) is 0 Å². The molecule has 1 aliphatic heterocycles. The van der Waals surface area contributed by atoms with Gasteiger partial charge in [-0.05, 0) is 66.7 Å². The zero-order valence-electron chi connectivity index (χ0n) is 17.6. The average molecular weight is 386 g/mol. The van der Waals surface area contributed by atoms with Gasteiger partial charge in [0.15, 0.2) is 0 Å². The van der Waals surface area contributed by atoms with Gasteiger partial charge < -0.3 is 9.84 Å². The van der Waals surface area contributed by atoms with Crippen LogP contribution in [0.2, 0.25) is 0 Å². The van der Waals surface area contributed by atoms with E-state index in [0.29, 0.717) is 18.1 Å². The van der Waals surface area contributed by atoms with Crippen molar-refractivity contribution in [1.29, 1.82) is 0 Å². The molecule has 1 aliphatic carbocycles. The molecule has 0 spiro atoms. The van der Waals surface area contributed by atoms with Crippen LogP contribution in [-0.4, -0.2) is 41.7 Å². The fourth-order valence-electron chi connectivity index (χ4n) is 4.42. The normalized spacial score (nSPS) is 23.9. The molecule has 2 aliphatic rings. The van der Waals surface area contributed by atoms with Gasteiger partial charge in [-0.25, -0.2) is 0 Å². The number of aliphatic carboxylic acids is 1. The standard InChI is InChI=1S/C24H35NO3/c1-24(2,3)20-6-10-22(11-7-20)28-21-8-4-18(5-9-21)19-12-15-25(16-13-19)17-14-23(26)27/h4-5,8-9,12,20,22H,6-7,10-11,13-17H2,1-3H3,(H,26,27).